The van der Waals surface area contributed by atoms with Gasteiger partial charge in [-0.1, -0.05) is 44.2 Å². The van der Waals surface area contributed by atoms with Crippen molar-refractivity contribution >= 4 is 0 Å². The number of piperidine rings is 1. The molecule has 118 valence electrons. The van der Waals surface area contributed by atoms with Crippen LogP contribution in [0.2, 0.25) is 0 Å². The monoisotopic (exact) mass is 291 g/mol. The Morgan fingerprint density at radius 3 is 2.76 bits per heavy atom. The molecule has 3 atom stereocenters. The molecule has 1 N–H and O–H groups in total. The standard InChI is InChI=1S/C18H29NO2/c1-3-18(16-9-5-4-6-10-16)21-14-17(20)13-19-11-7-8-15(2)12-19/h4-6,9-10,15,17-18,20H,3,7-8,11-14H2,1-2H3/t15-,17-,18+/m0/s1. The van der Waals surface area contributed by atoms with Crippen LogP contribution in [0.15, 0.2) is 30.3 Å². The number of nitrogens with zero attached hydrogens (tertiary/aromatic N) is 1. The molecular weight excluding hydrogens is 262 g/mol. The lowest BCUT2D eigenvalue weighted by Crippen LogP contribution is -2.40. The van der Waals surface area contributed by atoms with Crippen LogP contribution in [-0.2, 0) is 4.74 Å². The molecule has 0 amide bonds. The number of likely N-dealkylation sites (tertiary alicyclic amines) is 1. The average Bonchev–Trinajstić information content (AvgIpc) is 2.49. The van der Waals surface area contributed by atoms with Crippen LogP contribution in [0.1, 0.15) is 44.8 Å². The highest BCUT2D eigenvalue weighted by Gasteiger charge is 2.20. The smallest absolute Gasteiger partial charge is 0.0900 e. The summed E-state index contributed by atoms with van der Waals surface area (Å²) in [6.45, 7) is 7.77. The van der Waals surface area contributed by atoms with E-state index in [1.165, 1.54) is 18.4 Å². The number of aliphatic hydroxyl groups excluding tert-OH is 1. The van der Waals surface area contributed by atoms with E-state index in [0.717, 1.165) is 32.0 Å². The Kier molecular flexibility index (Phi) is 6.68. The highest BCUT2D eigenvalue weighted by Crippen LogP contribution is 2.21. The number of aliphatic hydroxyl groups is 1. The average molecular weight is 291 g/mol. The fraction of sp³-hybridized carbons (Fsp3) is 0.667. The second kappa shape index (κ2) is 8.52. The largest absolute Gasteiger partial charge is 0.389 e. The third-order valence-corrected chi connectivity index (χ3v) is 4.24. The van der Waals surface area contributed by atoms with Crippen LogP contribution in [0.25, 0.3) is 0 Å². The summed E-state index contributed by atoms with van der Waals surface area (Å²) in [7, 11) is 0. The predicted molar refractivity (Wildman–Crippen MR) is 86.3 cm³/mol. The van der Waals surface area contributed by atoms with E-state index in [1.54, 1.807) is 0 Å². The summed E-state index contributed by atoms with van der Waals surface area (Å²) in [5.41, 5.74) is 1.19. The molecule has 0 unspecified atom stereocenters. The SMILES string of the molecule is CC[C@@H](OC[C@@H](O)CN1CCC[C@H](C)C1)c1ccccc1. The molecule has 3 nitrogen and oxygen atoms in total. The molecule has 0 radical (unpaired) electrons. The molecule has 0 saturated carbocycles. The highest BCUT2D eigenvalue weighted by atomic mass is 16.5. The van der Waals surface area contributed by atoms with Crippen molar-refractivity contribution in [3.8, 4) is 0 Å². The second-order valence-electron chi connectivity index (χ2n) is 6.30. The number of benzene rings is 1. The van der Waals surface area contributed by atoms with Gasteiger partial charge in [0.05, 0.1) is 18.8 Å². The summed E-state index contributed by atoms with van der Waals surface area (Å²) in [5.74, 6) is 0.750. The maximum absolute atomic E-state index is 10.2. The number of ether oxygens (including phenoxy) is 1. The Labute approximate surface area is 128 Å². The van der Waals surface area contributed by atoms with Crippen molar-refractivity contribution in [2.75, 3.05) is 26.2 Å². The lowest BCUT2D eigenvalue weighted by Gasteiger charge is -2.32. The summed E-state index contributed by atoms with van der Waals surface area (Å²) >= 11 is 0. The van der Waals surface area contributed by atoms with Gasteiger partial charge in [-0.3, -0.25) is 0 Å². The minimum Gasteiger partial charge on any atom is -0.389 e. The van der Waals surface area contributed by atoms with E-state index in [4.69, 9.17) is 4.74 Å². The van der Waals surface area contributed by atoms with Gasteiger partial charge in [-0.2, -0.15) is 0 Å². The predicted octanol–water partition coefficient (Wildman–Crippen LogP) is 3.25. The van der Waals surface area contributed by atoms with E-state index in [9.17, 15) is 5.11 Å². The molecule has 0 aliphatic carbocycles. The summed E-state index contributed by atoms with van der Waals surface area (Å²) in [6, 6.07) is 10.3. The van der Waals surface area contributed by atoms with Crippen LogP contribution in [0.5, 0.6) is 0 Å². The van der Waals surface area contributed by atoms with Crippen LogP contribution >= 0.6 is 0 Å². The quantitative estimate of drug-likeness (QED) is 0.837. The molecule has 1 fully saturated rings. The van der Waals surface area contributed by atoms with Gasteiger partial charge in [-0.05, 0) is 37.3 Å². The van der Waals surface area contributed by atoms with Crippen LogP contribution in [0, 0.1) is 5.92 Å². The number of hydrogen-bond donors (Lipinski definition) is 1. The topological polar surface area (TPSA) is 32.7 Å². The van der Waals surface area contributed by atoms with Gasteiger partial charge in [-0.25, -0.2) is 0 Å². The van der Waals surface area contributed by atoms with Crippen molar-refractivity contribution < 1.29 is 9.84 Å². The molecule has 0 spiro atoms. The van der Waals surface area contributed by atoms with Crippen LogP contribution < -0.4 is 0 Å². The highest BCUT2D eigenvalue weighted by molar-refractivity contribution is 5.17. The first-order valence-corrected chi connectivity index (χ1v) is 8.26. The first kappa shape index (κ1) is 16.5. The zero-order valence-corrected chi connectivity index (χ0v) is 13.4. The molecule has 0 bridgehead atoms. The number of rotatable bonds is 7. The number of hydrogen-bond acceptors (Lipinski definition) is 3. The minimum atomic E-state index is -0.395. The lowest BCUT2D eigenvalue weighted by atomic mass is 10.00. The molecule has 1 aromatic rings. The third kappa shape index (κ3) is 5.42. The summed E-state index contributed by atoms with van der Waals surface area (Å²) in [6.07, 6.45) is 3.18. The van der Waals surface area contributed by atoms with E-state index in [2.05, 4.69) is 30.9 Å². The van der Waals surface area contributed by atoms with Crippen LogP contribution in [0.3, 0.4) is 0 Å². The summed E-state index contributed by atoms with van der Waals surface area (Å²) < 4.78 is 5.93. The van der Waals surface area contributed by atoms with Crippen molar-refractivity contribution in [2.24, 2.45) is 5.92 Å². The molecule has 21 heavy (non-hydrogen) atoms. The van der Waals surface area contributed by atoms with E-state index in [1.807, 2.05) is 18.2 Å². The van der Waals surface area contributed by atoms with Crippen LogP contribution in [0.4, 0.5) is 0 Å². The molecule has 1 aliphatic heterocycles. The summed E-state index contributed by atoms with van der Waals surface area (Å²) in [5, 5.41) is 10.2. The Bertz CT molecular complexity index is 395. The van der Waals surface area contributed by atoms with Crippen molar-refractivity contribution in [2.45, 2.75) is 45.3 Å². The molecule has 3 heteroatoms. The fourth-order valence-corrected chi connectivity index (χ4v) is 3.15. The maximum Gasteiger partial charge on any atom is 0.0900 e. The molecule has 1 saturated heterocycles. The van der Waals surface area contributed by atoms with Crippen molar-refractivity contribution in [1.29, 1.82) is 0 Å². The van der Waals surface area contributed by atoms with E-state index >= 15 is 0 Å². The van der Waals surface area contributed by atoms with Crippen LogP contribution in [-0.4, -0.2) is 42.4 Å². The van der Waals surface area contributed by atoms with Gasteiger partial charge >= 0.3 is 0 Å². The van der Waals surface area contributed by atoms with Gasteiger partial charge in [0.25, 0.3) is 0 Å². The van der Waals surface area contributed by atoms with E-state index in [0.29, 0.717) is 6.61 Å². The van der Waals surface area contributed by atoms with Gasteiger partial charge in [0.15, 0.2) is 0 Å². The van der Waals surface area contributed by atoms with Crippen molar-refractivity contribution in [1.82, 2.24) is 4.90 Å². The fourth-order valence-electron chi connectivity index (χ4n) is 3.15. The Morgan fingerprint density at radius 2 is 2.10 bits per heavy atom. The second-order valence-corrected chi connectivity index (χ2v) is 6.30. The molecule has 0 aromatic heterocycles. The lowest BCUT2D eigenvalue weighted by molar-refractivity contribution is -0.0271. The van der Waals surface area contributed by atoms with Gasteiger partial charge in [0, 0.05) is 13.1 Å². The van der Waals surface area contributed by atoms with E-state index < -0.39 is 6.10 Å². The van der Waals surface area contributed by atoms with Gasteiger partial charge < -0.3 is 14.7 Å². The zero-order valence-electron chi connectivity index (χ0n) is 13.4. The van der Waals surface area contributed by atoms with Crippen molar-refractivity contribution in [3.05, 3.63) is 35.9 Å². The Morgan fingerprint density at radius 1 is 1.33 bits per heavy atom. The van der Waals surface area contributed by atoms with Gasteiger partial charge in [-0.15, -0.1) is 0 Å². The van der Waals surface area contributed by atoms with E-state index in [-0.39, 0.29) is 6.10 Å². The zero-order chi connectivity index (χ0) is 15.1. The first-order valence-electron chi connectivity index (χ1n) is 8.26. The van der Waals surface area contributed by atoms with Gasteiger partial charge in [0.2, 0.25) is 0 Å². The van der Waals surface area contributed by atoms with Gasteiger partial charge in [0.1, 0.15) is 0 Å². The Hall–Kier alpha value is -0.900. The molecule has 1 aliphatic rings. The molecule has 1 aromatic carbocycles. The summed E-state index contributed by atoms with van der Waals surface area (Å²) in [4.78, 5) is 2.37. The minimum absolute atomic E-state index is 0.0844. The Balaban J connectivity index is 1.76. The normalized spacial score (nSPS) is 22.9. The molecule has 1 heterocycles. The third-order valence-electron chi connectivity index (χ3n) is 4.24. The number of β-amino-alcohol motifs (C(OH)–C–C–N with tert-alkyl or cyclic N) is 1. The maximum atomic E-state index is 10.2. The van der Waals surface area contributed by atoms with Crippen molar-refractivity contribution in [3.63, 3.8) is 0 Å². The molecule has 2 rings (SSSR count). The molecular formula is C18H29NO2. The first-order chi connectivity index (χ1) is 10.2.